The highest BCUT2D eigenvalue weighted by Gasteiger charge is 2.20. The molecule has 7 nitrogen and oxygen atoms in total. The molecule has 0 amide bonds. The summed E-state index contributed by atoms with van der Waals surface area (Å²) in [7, 11) is 0. The van der Waals surface area contributed by atoms with Gasteiger partial charge >= 0.3 is 0 Å². The second-order valence-corrected chi connectivity index (χ2v) is 5.46. The molecule has 23 heavy (non-hydrogen) atoms. The van der Waals surface area contributed by atoms with Crippen molar-refractivity contribution < 1.29 is 0 Å². The fourth-order valence-corrected chi connectivity index (χ4v) is 2.93. The first kappa shape index (κ1) is 13.7. The first-order valence-electron chi connectivity index (χ1n) is 7.55. The highest BCUT2D eigenvalue weighted by molar-refractivity contribution is 5.88. The largest absolute Gasteiger partial charge is 0.355 e. The maximum atomic E-state index is 11.4. The fourth-order valence-electron chi connectivity index (χ4n) is 2.93. The zero-order valence-electron chi connectivity index (χ0n) is 12.5. The van der Waals surface area contributed by atoms with Crippen LogP contribution in [-0.2, 0) is 0 Å². The van der Waals surface area contributed by atoms with E-state index in [1.54, 1.807) is 24.8 Å². The molecule has 116 valence electrons. The number of fused-ring (bicyclic) bond motifs is 1. The first-order chi connectivity index (χ1) is 11.3. The number of aromatic nitrogens is 4. The standard InChI is InChI=1S/C16H16N6O/c23-15-3-1-2-14(20-15)21-6-8-22(9-7-21)16-12-4-5-17-10-13(12)18-11-19-16/h1-5,10-11H,6-9H2,(H,20,23). The summed E-state index contributed by atoms with van der Waals surface area (Å²) < 4.78 is 0. The van der Waals surface area contributed by atoms with Gasteiger partial charge in [0.25, 0.3) is 0 Å². The van der Waals surface area contributed by atoms with Crippen molar-refractivity contribution in [1.82, 2.24) is 19.9 Å². The molecule has 1 fully saturated rings. The normalized spacial score (nSPS) is 15.1. The van der Waals surface area contributed by atoms with Crippen LogP contribution in [0.15, 0.2) is 47.8 Å². The molecule has 0 saturated carbocycles. The van der Waals surface area contributed by atoms with E-state index in [0.717, 1.165) is 48.7 Å². The van der Waals surface area contributed by atoms with Gasteiger partial charge in [-0.25, -0.2) is 9.97 Å². The van der Waals surface area contributed by atoms with E-state index in [9.17, 15) is 4.79 Å². The maximum Gasteiger partial charge on any atom is 0.249 e. The fraction of sp³-hybridized carbons (Fsp3) is 0.250. The molecule has 1 aliphatic rings. The van der Waals surface area contributed by atoms with Crippen molar-refractivity contribution in [3.63, 3.8) is 0 Å². The molecule has 0 aliphatic carbocycles. The molecule has 4 rings (SSSR count). The Bertz CT molecular complexity index is 879. The molecule has 1 aliphatic heterocycles. The number of anilines is 2. The lowest BCUT2D eigenvalue weighted by atomic mass is 10.2. The van der Waals surface area contributed by atoms with Crippen LogP contribution in [0.2, 0.25) is 0 Å². The highest BCUT2D eigenvalue weighted by atomic mass is 16.1. The Balaban J connectivity index is 1.56. The summed E-state index contributed by atoms with van der Waals surface area (Å²) in [5.41, 5.74) is 0.784. The van der Waals surface area contributed by atoms with Crippen LogP contribution in [0, 0.1) is 0 Å². The summed E-state index contributed by atoms with van der Waals surface area (Å²) in [6.07, 6.45) is 5.10. The molecule has 0 unspecified atom stereocenters. The lowest BCUT2D eigenvalue weighted by molar-refractivity contribution is 0.642. The number of H-pyrrole nitrogens is 1. The Morgan fingerprint density at radius 3 is 2.65 bits per heavy atom. The minimum Gasteiger partial charge on any atom is -0.355 e. The molecule has 0 radical (unpaired) electrons. The van der Waals surface area contributed by atoms with Gasteiger partial charge in [0.1, 0.15) is 18.0 Å². The summed E-state index contributed by atoms with van der Waals surface area (Å²) in [4.78, 5) is 31.6. The third-order valence-corrected chi connectivity index (χ3v) is 4.09. The maximum absolute atomic E-state index is 11.4. The molecule has 1 N–H and O–H groups in total. The van der Waals surface area contributed by atoms with E-state index in [0.29, 0.717) is 0 Å². The molecular formula is C16H16N6O. The third kappa shape index (κ3) is 2.61. The molecule has 3 aromatic rings. The molecule has 1 saturated heterocycles. The number of piperazine rings is 1. The van der Waals surface area contributed by atoms with E-state index in [1.807, 2.05) is 12.1 Å². The smallest absolute Gasteiger partial charge is 0.249 e. The Kier molecular flexibility index (Phi) is 3.38. The topological polar surface area (TPSA) is 78.0 Å². The van der Waals surface area contributed by atoms with Gasteiger partial charge < -0.3 is 14.8 Å². The molecule has 7 heteroatoms. The molecular weight excluding hydrogens is 292 g/mol. The molecule has 0 atom stereocenters. The number of aromatic amines is 1. The summed E-state index contributed by atoms with van der Waals surface area (Å²) in [6.45, 7) is 3.34. The molecule has 4 heterocycles. The lowest BCUT2D eigenvalue weighted by Gasteiger charge is -2.36. The van der Waals surface area contributed by atoms with Crippen molar-refractivity contribution in [1.29, 1.82) is 0 Å². The SMILES string of the molecule is O=c1cccc(N2CCN(c3ncnc4cnccc34)CC2)[nH]1. The van der Waals surface area contributed by atoms with Crippen LogP contribution in [0.25, 0.3) is 10.9 Å². The zero-order chi connectivity index (χ0) is 15.6. The number of hydrogen-bond acceptors (Lipinski definition) is 6. The van der Waals surface area contributed by atoms with Crippen LogP contribution in [0.3, 0.4) is 0 Å². The summed E-state index contributed by atoms with van der Waals surface area (Å²) >= 11 is 0. The third-order valence-electron chi connectivity index (χ3n) is 4.09. The van der Waals surface area contributed by atoms with Crippen molar-refractivity contribution in [2.24, 2.45) is 0 Å². The van der Waals surface area contributed by atoms with Crippen molar-refractivity contribution in [2.75, 3.05) is 36.0 Å². The number of nitrogens with one attached hydrogen (secondary N) is 1. The van der Waals surface area contributed by atoms with Gasteiger partial charge in [-0.15, -0.1) is 0 Å². The van der Waals surface area contributed by atoms with Crippen LogP contribution in [-0.4, -0.2) is 46.1 Å². The van der Waals surface area contributed by atoms with Crippen LogP contribution >= 0.6 is 0 Å². The highest BCUT2D eigenvalue weighted by Crippen LogP contribution is 2.23. The first-order valence-corrected chi connectivity index (χ1v) is 7.55. The van der Waals surface area contributed by atoms with Gasteiger partial charge in [-0.3, -0.25) is 9.78 Å². The van der Waals surface area contributed by atoms with E-state index in [4.69, 9.17) is 0 Å². The quantitative estimate of drug-likeness (QED) is 0.762. The van der Waals surface area contributed by atoms with Crippen molar-refractivity contribution >= 4 is 22.5 Å². The van der Waals surface area contributed by atoms with Gasteiger partial charge in [-0.05, 0) is 12.1 Å². The minimum absolute atomic E-state index is 0.0702. The molecule has 0 bridgehead atoms. The summed E-state index contributed by atoms with van der Waals surface area (Å²) in [5, 5.41) is 1.02. The van der Waals surface area contributed by atoms with Gasteiger partial charge in [0.2, 0.25) is 5.56 Å². The molecule has 0 spiro atoms. The number of hydrogen-bond donors (Lipinski definition) is 1. The summed E-state index contributed by atoms with van der Waals surface area (Å²) in [6, 6.07) is 7.20. The van der Waals surface area contributed by atoms with Gasteiger partial charge in [0.05, 0.1) is 11.7 Å². The van der Waals surface area contributed by atoms with Gasteiger partial charge in [0.15, 0.2) is 0 Å². The van der Waals surface area contributed by atoms with E-state index >= 15 is 0 Å². The molecule has 0 aromatic carbocycles. The van der Waals surface area contributed by atoms with Crippen LogP contribution in [0.5, 0.6) is 0 Å². The minimum atomic E-state index is -0.0702. The van der Waals surface area contributed by atoms with Crippen molar-refractivity contribution in [3.8, 4) is 0 Å². The molecule has 3 aromatic heterocycles. The zero-order valence-corrected chi connectivity index (χ0v) is 12.5. The number of pyridine rings is 2. The number of nitrogens with zero attached hydrogens (tertiary/aromatic N) is 5. The Labute approximate surface area is 132 Å². The van der Waals surface area contributed by atoms with Crippen LogP contribution in [0.4, 0.5) is 11.6 Å². The lowest BCUT2D eigenvalue weighted by Crippen LogP contribution is -2.47. The average Bonchev–Trinajstić information content (AvgIpc) is 2.61. The van der Waals surface area contributed by atoms with Gasteiger partial charge in [0, 0.05) is 43.8 Å². The van der Waals surface area contributed by atoms with Crippen molar-refractivity contribution in [3.05, 3.63) is 53.3 Å². The summed E-state index contributed by atoms with van der Waals surface area (Å²) in [5.74, 6) is 1.81. The second-order valence-electron chi connectivity index (χ2n) is 5.46. The van der Waals surface area contributed by atoms with Crippen molar-refractivity contribution in [2.45, 2.75) is 0 Å². The predicted octanol–water partition coefficient (Wildman–Crippen LogP) is 1.04. The second kappa shape index (κ2) is 5.68. The average molecular weight is 308 g/mol. The van der Waals surface area contributed by atoms with E-state index in [1.165, 1.54) is 6.07 Å². The van der Waals surface area contributed by atoms with E-state index < -0.39 is 0 Å². The van der Waals surface area contributed by atoms with Crippen LogP contribution < -0.4 is 15.4 Å². The van der Waals surface area contributed by atoms with E-state index in [2.05, 4.69) is 29.7 Å². The Hall–Kier alpha value is -2.96. The Morgan fingerprint density at radius 2 is 1.83 bits per heavy atom. The Morgan fingerprint density at radius 1 is 1.00 bits per heavy atom. The number of rotatable bonds is 2. The van der Waals surface area contributed by atoms with Gasteiger partial charge in [-0.2, -0.15) is 0 Å². The van der Waals surface area contributed by atoms with E-state index in [-0.39, 0.29) is 5.56 Å². The monoisotopic (exact) mass is 308 g/mol. The van der Waals surface area contributed by atoms with Crippen LogP contribution in [0.1, 0.15) is 0 Å². The van der Waals surface area contributed by atoms with Gasteiger partial charge in [-0.1, -0.05) is 6.07 Å². The predicted molar refractivity (Wildman–Crippen MR) is 88.8 cm³/mol.